The second-order valence-electron chi connectivity index (χ2n) is 6.85. The van der Waals surface area contributed by atoms with Crippen molar-refractivity contribution in [3.05, 3.63) is 71.8 Å². The van der Waals surface area contributed by atoms with E-state index in [9.17, 15) is 4.79 Å². The molecule has 3 rings (SSSR count). The topological polar surface area (TPSA) is 74.6 Å². The zero-order chi connectivity index (χ0) is 21.5. The zero-order valence-corrected chi connectivity index (χ0v) is 17.7. The molecule has 0 aliphatic heterocycles. The summed E-state index contributed by atoms with van der Waals surface area (Å²) in [6.45, 7) is 0. The molecule has 0 radical (unpaired) electrons. The van der Waals surface area contributed by atoms with Crippen molar-refractivity contribution in [2.75, 3.05) is 21.3 Å². The van der Waals surface area contributed by atoms with E-state index in [0.717, 1.165) is 22.7 Å². The van der Waals surface area contributed by atoms with Gasteiger partial charge in [-0.3, -0.25) is 4.79 Å². The molecular formula is C23H27N3O4. The van der Waals surface area contributed by atoms with Gasteiger partial charge in [-0.2, -0.15) is 0 Å². The lowest BCUT2D eigenvalue weighted by Gasteiger charge is -2.20. The number of hydrogen-bond donors (Lipinski definition) is 1. The van der Waals surface area contributed by atoms with Crippen molar-refractivity contribution in [3.8, 4) is 17.2 Å². The maximum Gasteiger partial charge on any atom is 0.221 e. The first-order valence-corrected chi connectivity index (χ1v) is 9.67. The third-order valence-electron chi connectivity index (χ3n) is 4.94. The highest BCUT2D eigenvalue weighted by Gasteiger charge is 2.22. The van der Waals surface area contributed by atoms with Crippen molar-refractivity contribution in [2.24, 2.45) is 7.05 Å². The number of nitrogens with one attached hydrogen (secondary N) is 1. The van der Waals surface area contributed by atoms with Gasteiger partial charge in [0, 0.05) is 31.9 Å². The molecule has 0 aliphatic rings. The number of rotatable bonds is 9. The minimum Gasteiger partial charge on any atom is -0.497 e. The van der Waals surface area contributed by atoms with E-state index < -0.39 is 6.04 Å². The van der Waals surface area contributed by atoms with Crippen LogP contribution in [-0.2, 0) is 18.3 Å². The Kier molecular flexibility index (Phi) is 6.95. The lowest BCUT2D eigenvalue weighted by atomic mass is 10.0. The fourth-order valence-electron chi connectivity index (χ4n) is 3.34. The fraction of sp³-hybridized carbons (Fsp3) is 0.304. The van der Waals surface area contributed by atoms with Gasteiger partial charge in [0.2, 0.25) is 5.91 Å². The summed E-state index contributed by atoms with van der Waals surface area (Å²) in [6, 6.07) is 12.8. The number of carbonyl (C=O) groups excluding carboxylic acids is 1. The van der Waals surface area contributed by atoms with Gasteiger partial charge in [0.1, 0.15) is 29.1 Å². The summed E-state index contributed by atoms with van der Waals surface area (Å²) in [7, 11) is 6.72. The molecule has 3 aromatic rings. The Morgan fingerprint density at radius 3 is 2.37 bits per heavy atom. The number of hydrogen-bond acceptors (Lipinski definition) is 5. The number of nitrogens with zero attached hydrogens (tertiary/aromatic N) is 2. The Balaban J connectivity index is 1.84. The van der Waals surface area contributed by atoms with Crippen LogP contribution >= 0.6 is 0 Å². The fourth-order valence-corrected chi connectivity index (χ4v) is 3.34. The molecule has 0 saturated heterocycles. The van der Waals surface area contributed by atoms with Crippen LogP contribution in [0.2, 0.25) is 0 Å². The number of benzene rings is 2. The minimum atomic E-state index is -0.445. The molecule has 0 bridgehead atoms. The number of aryl methyl sites for hydroxylation is 2. The van der Waals surface area contributed by atoms with E-state index in [1.807, 2.05) is 54.2 Å². The standard InChI is InChI=1S/C23H27N3O4/c1-26-12-11-24-23(26)22(17-13-18(28-2)15-19(14-17)29-3)25-21(27)10-9-16-7-5-6-8-20(16)30-4/h5-8,11-15,22H,9-10H2,1-4H3,(H,25,27). The lowest BCUT2D eigenvalue weighted by molar-refractivity contribution is -0.121. The highest BCUT2D eigenvalue weighted by molar-refractivity contribution is 5.77. The van der Waals surface area contributed by atoms with E-state index >= 15 is 0 Å². The molecule has 1 amide bonds. The van der Waals surface area contributed by atoms with E-state index in [-0.39, 0.29) is 5.91 Å². The third kappa shape index (κ3) is 4.92. The van der Waals surface area contributed by atoms with Crippen LogP contribution in [0.3, 0.4) is 0 Å². The maximum absolute atomic E-state index is 12.9. The normalized spacial score (nSPS) is 11.6. The maximum atomic E-state index is 12.9. The van der Waals surface area contributed by atoms with Crippen LogP contribution in [-0.4, -0.2) is 36.8 Å². The van der Waals surface area contributed by atoms with Crippen LogP contribution in [0.1, 0.15) is 29.4 Å². The van der Waals surface area contributed by atoms with Crippen LogP contribution in [0.25, 0.3) is 0 Å². The van der Waals surface area contributed by atoms with Crippen LogP contribution in [0, 0.1) is 0 Å². The molecule has 1 atom stereocenters. The summed E-state index contributed by atoms with van der Waals surface area (Å²) in [5.41, 5.74) is 1.82. The average Bonchev–Trinajstić information content (AvgIpc) is 3.21. The van der Waals surface area contributed by atoms with Crippen molar-refractivity contribution in [2.45, 2.75) is 18.9 Å². The molecule has 1 aromatic heterocycles. The quantitative estimate of drug-likeness (QED) is 0.587. The minimum absolute atomic E-state index is 0.0873. The first-order chi connectivity index (χ1) is 14.5. The zero-order valence-electron chi connectivity index (χ0n) is 17.7. The molecule has 2 aromatic carbocycles. The Morgan fingerprint density at radius 1 is 1.07 bits per heavy atom. The molecular weight excluding hydrogens is 382 g/mol. The Bertz CT molecular complexity index is 977. The van der Waals surface area contributed by atoms with Gasteiger partial charge in [0.05, 0.1) is 21.3 Å². The van der Waals surface area contributed by atoms with Crippen LogP contribution in [0.4, 0.5) is 0 Å². The molecule has 0 aliphatic carbocycles. The van der Waals surface area contributed by atoms with E-state index in [1.165, 1.54) is 0 Å². The highest BCUT2D eigenvalue weighted by Crippen LogP contribution is 2.29. The second-order valence-corrected chi connectivity index (χ2v) is 6.85. The smallest absolute Gasteiger partial charge is 0.221 e. The van der Waals surface area contributed by atoms with Gasteiger partial charge < -0.3 is 24.1 Å². The monoisotopic (exact) mass is 409 g/mol. The van der Waals surface area contributed by atoms with Crippen molar-refractivity contribution in [1.82, 2.24) is 14.9 Å². The van der Waals surface area contributed by atoms with Gasteiger partial charge in [-0.25, -0.2) is 4.98 Å². The molecule has 30 heavy (non-hydrogen) atoms. The first kappa shape index (κ1) is 21.2. The molecule has 1 unspecified atom stereocenters. The predicted octanol–water partition coefficient (Wildman–Crippen LogP) is 3.28. The van der Waals surface area contributed by atoms with Gasteiger partial charge in [-0.15, -0.1) is 0 Å². The number of aromatic nitrogens is 2. The molecule has 0 fully saturated rings. The summed E-state index contributed by atoms with van der Waals surface area (Å²) in [6.07, 6.45) is 4.45. The van der Waals surface area contributed by atoms with Crippen molar-refractivity contribution in [1.29, 1.82) is 0 Å². The lowest BCUT2D eigenvalue weighted by Crippen LogP contribution is -2.31. The molecule has 158 valence electrons. The highest BCUT2D eigenvalue weighted by atomic mass is 16.5. The second kappa shape index (κ2) is 9.82. The SMILES string of the molecule is COc1cc(OC)cc(C(NC(=O)CCc2ccccc2OC)c2nccn2C)c1. The summed E-state index contributed by atoms with van der Waals surface area (Å²) < 4.78 is 18.1. The van der Waals surface area contributed by atoms with Crippen molar-refractivity contribution < 1.29 is 19.0 Å². The summed E-state index contributed by atoms with van der Waals surface area (Å²) in [5, 5.41) is 3.11. The van der Waals surface area contributed by atoms with Crippen molar-refractivity contribution in [3.63, 3.8) is 0 Å². The Morgan fingerprint density at radius 2 is 1.77 bits per heavy atom. The summed E-state index contributed by atoms with van der Waals surface area (Å²) in [4.78, 5) is 17.3. The van der Waals surface area contributed by atoms with Gasteiger partial charge in [0.15, 0.2) is 0 Å². The number of para-hydroxylation sites is 1. The predicted molar refractivity (Wildman–Crippen MR) is 114 cm³/mol. The number of amides is 1. The number of ether oxygens (including phenoxy) is 3. The van der Waals surface area contributed by atoms with E-state index in [1.54, 1.807) is 33.6 Å². The Labute approximate surface area is 176 Å². The first-order valence-electron chi connectivity index (χ1n) is 9.67. The largest absolute Gasteiger partial charge is 0.497 e. The van der Waals surface area contributed by atoms with E-state index in [2.05, 4.69) is 10.3 Å². The van der Waals surface area contributed by atoms with Crippen LogP contribution in [0.15, 0.2) is 54.9 Å². The van der Waals surface area contributed by atoms with Crippen LogP contribution in [0.5, 0.6) is 17.2 Å². The molecule has 0 spiro atoms. The molecule has 0 saturated carbocycles. The van der Waals surface area contributed by atoms with Gasteiger partial charge in [-0.05, 0) is 35.7 Å². The van der Waals surface area contributed by atoms with Crippen molar-refractivity contribution >= 4 is 5.91 Å². The molecule has 1 heterocycles. The number of imidazole rings is 1. The van der Waals surface area contributed by atoms with Crippen LogP contribution < -0.4 is 19.5 Å². The molecule has 7 nitrogen and oxygen atoms in total. The number of methoxy groups -OCH3 is 3. The van der Waals surface area contributed by atoms with Gasteiger partial charge in [0.25, 0.3) is 0 Å². The molecule has 7 heteroatoms. The average molecular weight is 409 g/mol. The summed E-state index contributed by atoms with van der Waals surface area (Å²) >= 11 is 0. The molecule has 1 N–H and O–H groups in total. The summed E-state index contributed by atoms with van der Waals surface area (Å²) in [5.74, 6) is 2.70. The van der Waals surface area contributed by atoms with Gasteiger partial charge in [-0.1, -0.05) is 18.2 Å². The van der Waals surface area contributed by atoms with E-state index in [0.29, 0.717) is 24.3 Å². The van der Waals surface area contributed by atoms with Gasteiger partial charge >= 0.3 is 0 Å². The number of carbonyl (C=O) groups is 1. The Hall–Kier alpha value is -3.48. The third-order valence-corrected chi connectivity index (χ3v) is 4.94. The van der Waals surface area contributed by atoms with E-state index in [4.69, 9.17) is 14.2 Å².